The minimum atomic E-state index is 0.496. The first kappa shape index (κ1) is 11.7. The molecule has 1 rings (SSSR count). The largest absolute Gasteiger partial charge is 0.355 e. The van der Waals surface area contributed by atoms with Crippen molar-refractivity contribution < 1.29 is 9.47 Å². The molecule has 0 amide bonds. The van der Waals surface area contributed by atoms with E-state index in [0.717, 1.165) is 19.6 Å². The van der Waals surface area contributed by atoms with E-state index in [-0.39, 0.29) is 0 Å². The zero-order valence-electron chi connectivity index (χ0n) is 9.04. The van der Waals surface area contributed by atoms with Crippen LogP contribution in [0.15, 0.2) is 12.7 Å². The number of allylic oxidation sites excluding steroid dienone is 1. The maximum Gasteiger partial charge on any atom is 0.146 e. The molecule has 0 aromatic rings. The van der Waals surface area contributed by atoms with Crippen molar-refractivity contribution in [3.8, 4) is 0 Å². The summed E-state index contributed by atoms with van der Waals surface area (Å²) in [6.45, 7) is 6.01. The van der Waals surface area contributed by atoms with Crippen molar-refractivity contribution >= 4 is 0 Å². The van der Waals surface area contributed by atoms with Crippen LogP contribution in [0.4, 0.5) is 0 Å². The van der Waals surface area contributed by atoms with Gasteiger partial charge in [-0.05, 0) is 19.3 Å². The summed E-state index contributed by atoms with van der Waals surface area (Å²) in [5, 5.41) is 0. The molecule has 2 heteroatoms. The zero-order valence-corrected chi connectivity index (χ0v) is 9.04. The molecule has 0 aromatic carbocycles. The van der Waals surface area contributed by atoms with Crippen molar-refractivity contribution in [1.29, 1.82) is 0 Å². The fourth-order valence-electron chi connectivity index (χ4n) is 1.78. The molecule has 1 heterocycles. The van der Waals surface area contributed by atoms with Crippen LogP contribution in [0.2, 0.25) is 0 Å². The van der Waals surface area contributed by atoms with Crippen molar-refractivity contribution in [3.63, 3.8) is 0 Å². The lowest BCUT2D eigenvalue weighted by Gasteiger charge is -2.21. The second-order valence-corrected chi connectivity index (χ2v) is 4.01. The Morgan fingerprint density at radius 3 is 2.50 bits per heavy atom. The average Bonchev–Trinajstić information content (AvgIpc) is 2.25. The Morgan fingerprint density at radius 2 is 1.79 bits per heavy atom. The molecule has 0 aromatic heterocycles. The molecular formula is C12H22O2. The Bertz CT molecular complexity index is 139. The highest BCUT2D eigenvalue weighted by atomic mass is 16.7. The highest BCUT2D eigenvalue weighted by Crippen LogP contribution is 2.15. The summed E-state index contributed by atoms with van der Waals surface area (Å²) in [5.74, 6) is 0.642. The molecule has 0 unspecified atom stereocenters. The van der Waals surface area contributed by atoms with E-state index in [9.17, 15) is 0 Å². The predicted octanol–water partition coefficient (Wildman–Crippen LogP) is 3.13. The molecule has 1 aliphatic rings. The van der Waals surface area contributed by atoms with E-state index >= 15 is 0 Å². The zero-order chi connectivity index (χ0) is 10.1. The van der Waals surface area contributed by atoms with Crippen LogP contribution in [0.3, 0.4) is 0 Å². The van der Waals surface area contributed by atoms with Gasteiger partial charge in [-0.25, -0.2) is 0 Å². The summed E-state index contributed by atoms with van der Waals surface area (Å²) in [6.07, 6.45) is 9.70. The van der Waals surface area contributed by atoms with Gasteiger partial charge in [-0.1, -0.05) is 25.3 Å². The normalized spacial score (nSPS) is 18.3. The summed E-state index contributed by atoms with van der Waals surface area (Å²) in [4.78, 5) is 0. The van der Waals surface area contributed by atoms with Crippen LogP contribution in [0.25, 0.3) is 0 Å². The van der Waals surface area contributed by atoms with Gasteiger partial charge in [0.25, 0.3) is 0 Å². The standard InChI is InChI=1S/C12H22O2/c1-2-3-4-5-6-7-8-12-9-13-11-14-10-12/h2,12H,1,3-11H2. The van der Waals surface area contributed by atoms with Gasteiger partial charge in [0.2, 0.25) is 0 Å². The van der Waals surface area contributed by atoms with Crippen molar-refractivity contribution in [2.24, 2.45) is 5.92 Å². The Kier molecular flexibility index (Phi) is 6.71. The van der Waals surface area contributed by atoms with Gasteiger partial charge in [0.05, 0.1) is 13.2 Å². The molecule has 0 radical (unpaired) electrons. The third kappa shape index (κ3) is 5.40. The Labute approximate surface area is 87.3 Å². The fraction of sp³-hybridized carbons (Fsp3) is 0.833. The lowest BCUT2D eigenvalue weighted by Crippen LogP contribution is -2.23. The molecule has 1 aliphatic heterocycles. The van der Waals surface area contributed by atoms with E-state index in [1.54, 1.807) is 0 Å². The van der Waals surface area contributed by atoms with Gasteiger partial charge in [0.15, 0.2) is 0 Å². The number of rotatable bonds is 7. The molecule has 82 valence electrons. The van der Waals surface area contributed by atoms with Crippen molar-refractivity contribution in [2.45, 2.75) is 38.5 Å². The van der Waals surface area contributed by atoms with E-state index in [1.807, 2.05) is 6.08 Å². The van der Waals surface area contributed by atoms with Crippen molar-refractivity contribution in [2.75, 3.05) is 20.0 Å². The summed E-state index contributed by atoms with van der Waals surface area (Å²) in [5.41, 5.74) is 0. The number of hydrogen-bond donors (Lipinski definition) is 0. The van der Waals surface area contributed by atoms with Crippen LogP contribution in [-0.2, 0) is 9.47 Å². The molecule has 0 spiro atoms. The smallest absolute Gasteiger partial charge is 0.146 e. The first-order valence-electron chi connectivity index (χ1n) is 5.70. The molecule has 0 saturated carbocycles. The van der Waals surface area contributed by atoms with E-state index in [0.29, 0.717) is 12.7 Å². The third-order valence-corrected chi connectivity index (χ3v) is 2.64. The van der Waals surface area contributed by atoms with Gasteiger partial charge in [-0.15, -0.1) is 6.58 Å². The molecule has 2 nitrogen and oxygen atoms in total. The van der Waals surface area contributed by atoms with Crippen LogP contribution in [0.5, 0.6) is 0 Å². The topological polar surface area (TPSA) is 18.5 Å². The monoisotopic (exact) mass is 198 g/mol. The second-order valence-electron chi connectivity index (χ2n) is 4.01. The Hall–Kier alpha value is -0.340. The molecular weight excluding hydrogens is 176 g/mol. The number of unbranched alkanes of at least 4 members (excludes halogenated alkanes) is 4. The van der Waals surface area contributed by atoms with Gasteiger partial charge in [0, 0.05) is 5.92 Å². The van der Waals surface area contributed by atoms with Gasteiger partial charge >= 0.3 is 0 Å². The maximum absolute atomic E-state index is 5.24. The van der Waals surface area contributed by atoms with E-state index in [4.69, 9.17) is 9.47 Å². The Morgan fingerprint density at radius 1 is 1.07 bits per heavy atom. The van der Waals surface area contributed by atoms with E-state index in [1.165, 1.54) is 32.1 Å². The highest BCUT2D eigenvalue weighted by Gasteiger charge is 2.13. The molecule has 1 fully saturated rings. The average molecular weight is 198 g/mol. The molecule has 0 aliphatic carbocycles. The van der Waals surface area contributed by atoms with E-state index < -0.39 is 0 Å². The predicted molar refractivity (Wildman–Crippen MR) is 58.2 cm³/mol. The molecule has 0 atom stereocenters. The molecule has 14 heavy (non-hydrogen) atoms. The van der Waals surface area contributed by atoms with E-state index in [2.05, 4.69) is 6.58 Å². The van der Waals surface area contributed by atoms with Gasteiger partial charge < -0.3 is 9.47 Å². The van der Waals surface area contributed by atoms with Crippen molar-refractivity contribution in [3.05, 3.63) is 12.7 Å². The lowest BCUT2D eigenvalue weighted by molar-refractivity contribution is -0.127. The van der Waals surface area contributed by atoms with Gasteiger partial charge in [0.1, 0.15) is 6.79 Å². The second kappa shape index (κ2) is 8.01. The third-order valence-electron chi connectivity index (χ3n) is 2.64. The first-order valence-corrected chi connectivity index (χ1v) is 5.70. The summed E-state index contributed by atoms with van der Waals surface area (Å²) < 4.78 is 10.5. The van der Waals surface area contributed by atoms with Crippen LogP contribution in [-0.4, -0.2) is 20.0 Å². The first-order chi connectivity index (χ1) is 6.93. The quantitative estimate of drug-likeness (QED) is 0.462. The Balaban J connectivity index is 1.85. The summed E-state index contributed by atoms with van der Waals surface area (Å²) in [6, 6.07) is 0. The van der Waals surface area contributed by atoms with Gasteiger partial charge in [-0.3, -0.25) is 0 Å². The SMILES string of the molecule is C=CCCCCCCC1COCOC1. The van der Waals surface area contributed by atoms with Crippen LogP contribution < -0.4 is 0 Å². The van der Waals surface area contributed by atoms with Crippen LogP contribution >= 0.6 is 0 Å². The van der Waals surface area contributed by atoms with Gasteiger partial charge in [-0.2, -0.15) is 0 Å². The number of hydrogen-bond acceptors (Lipinski definition) is 2. The van der Waals surface area contributed by atoms with Crippen LogP contribution in [0.1, 0.15) is 38.5 Å². The minimum Gasteiger partial charge on any atom is -0.355 e. The summed E-state index contributed by atoms with van der Waals surface area (Å²) >= 11 is 0. The lowest BCUT2D eigenvalue weighted by atomic mass is 10.0. The number of ether oxygens (including phenoxy) is 2. The maximum atomic E-state index is 5.24. The van der Waals surface area contributed by atoms with Crippen LogP contribution in [0, 0.1) is 5.92 Å². The van der Waals surface area contributed by atoms with Crippen molar-refractivity contribution in [1.82, 2.24) is 0 Å². The molecule has 0 N–H and O–H groups in total. The molecule has 1 saturated heterocycles. The summed E-state index contributed by atoms with van der Waals surface area (Å²) in [7, 11) is 0. The molecule has 0 bridgehead atoms. The highest BCUT2D eigenvalue weighted by molar-refractivity contribution is 4.66. The minimum absolute atomic E-state index is 0.496. The fourth-order valence-corrected chi connectivity index (χ4v) is 1.78.